The molecule has 1 fully saturated rings. The van der Waals surface area contributed by atoms with E-state index in [9.17, 15) is 4.79 Å². The van der Waals surface area contributed by atoms with Crippen molar-refractivity contribution < 1.29 is 14.3 Å². The van der Waals surface area contributed by atoms with Gasteiger partial charge in [0.25, 0.3) is 0 Å². The Morgan fingerprint density at radius 2 is 1.95 bits per heavy atom. The second kappa shape index (κ2) is 6.16. The van der Waals surface area contributed by atoms with Gasteiger partial charge >= 0.3 is 5.97 Å². The molecule has 3 atom stereocenters. The van der Waals surface area contributed by atoms with E-state index in [1.807, 2.05) is 0 Å². The van der Waals surface area contributed by atoms with Crippen LogP contribution in [-0.2, 0) is 4.74 Å². The monoisotopic (exact) mass is 277 g/mol. The maximum Gasteiger partial charge on any atom is 0.338 e. The Morgan fingerprint density at radius 1 is 1.20 bits per heavy atom. The number of nitrogen functional groups attached to an aromatic ring is 1. The standard InChI is InChI=1S/C16H23NO3/c1-10-4-5-14(6-11(10)2)20-16(18)12-7-13(17)9-15(8-12)19-3/h7-11,14H,4-6,17H2,1-3H3. The van der Waals surface area contributed by atoms with Gasteiger partial charge in [0.05, 0.1) is 12.7 Å². The summed E-state index contributed by atoms with van der Waals surface area (Å²) in [5.74, 6) is 1.55. The largest absolute Gasteiger partial charge is 0.497 e. The number of methoxy groups -OCH3 is 1. The lowest BCUT2D eigenvalue weighted by Crippen LogP contribution is -2.28. The molecule has 0 saturated heterocycles. The Balaban J connectivity index is 2.03. The van der Waals surface area contributed by atoms with Crippen molar-refractivity contribution in [3.8, 4) is 5.75 Å². The Morgan fingerprint density at radius 3 is 2.60 bits per heavy atom. The van der Waals surface area contributed by atoms with Crippen molar-refractivity contribution in [1.82, 2.24) is 0 Å². The summed E-state index contributed by atoms with van der Waals surface area (Å²) in [6, 6.07) is 4.97. The number of hydrogen-bond acceptors (Lipinski definition) is 4. The van der Waals surface area contributed by atoms with Gasteiger partial charge in [0.2, 0.25) is 0 Å². The van der Waals surface area contributed by atoms with E-state index >= 15 is 0 Å². The van der Waals surface area contributed by atoms with Crippen LogP contribution in [0.5, 0.6) is 5.75 Å². The first-order chi connectivity index (χ1) is 9.49. The summed E-state index contributed by atoms with van der Waals surface area (Å²) in [7, 11) is 1.55. The molecule has 0 bridgehead atoms. The Labute approximate surface area is 120 Å². The Hall–Kier alpha value is -1.71. The van der Waals surface area contributed by atoms with Gasteiger partial charge in [0, 0.05) is 11.8 Å². The van der Waals surface area contributed by atoms with Crippen LogP contribution in [-0.4, -0.2) is 19.2 Å². The highest BCUT2D eigenvalue weighted by Crippen LogP contribution is 2.31. The van der Waals surface area contributed by atoms with Crippen LogP contribution in [0.2, 0.25) is 0 Å². The van der Waals surface area contributed by atoms with Crippen molar-refractivity contribution in [2.75, 3.05) is 12.8 Å². The smallest absolute Gasteiger partial charge is 0.338 e. The number of carbonyl (C=O) groups is 1. The van der Waals surface area contributed by atoms with E-state index in [4.69, 9.17) is 15.2 Å². The quantitative estimate of drug-likeness (QED) is 0.680. The van der Waals surface area contributed by atoms with Crippen LogP contribution in [0.1, 0.15) is 43.5 Å². The highest BCUT2D eigenvalue weighted by Gasteiger charge is 2.27. The fourth-order valence-corrected chi connectivity index (χ4v) is 2.68. The summed E-state index contributed by atoms with van der Waals surface area (Å²) in [5.41, 5.74) is 6.71. The minimum Gasteiger partial charge on any atom is -0.497 e. The van der Waals surface area contributed by atoms with Crippen LogP contribution in [0.25, 0.3) is 0 Å². The summed E-state index contributed by atoms with van der Waals surface area (Å²) in [6.07, 6.45) is 3.00. The molecule has 1 aliphatic rings. The van der Waals surface area contributed by atoms with Crippen molar-refractivity contribution in [3.05, 3.63) is 23.8 Å². The van der Waals surface area contributed by atoms with E-state index in [1.54, 1.807) is 25.3 Å². The molecule has 0 aromatic heterocycles. The summed E-state index contributed by atoms with van der Waals surface area (Å²) in [5, 5.41) is 0. The van der Waals surface area contributed by atoms with Crippen molar-refractivity contribution in [2.24, 2.45) is 11.8 Å². The van der Waals surface area contributed by atoms with Gasteiger partial charge in [-0.3, -0.25) is 0 Å². The van der Waals surface area contributed by atoms with Gasteiger partial charge in [-0.05, 0) is 43.2 Å². The molecule has 0 spiro atoms. The Kier molecular flexibility index (Phi) is 4.53. The topological polar surface area (TPSA) is 61.5 Å². The maximum absolute atomic E-state index is 12.2. The van der Waals surface area contributed by atoms with Gasteiger partial charge in [0.1, 0.15) is 11.9 Å². The number of anilines is 1. The molecule has 0 heterocycles. The predicted molar refractivity (Wildman–Crippen MR) is 78.8 cm³/mol. The lowest BCUT2D eigenvalue weighted by Gasteiger charge is -2.31. The summed E-state index contributed by atoms with van der Waals surface area (Å²) in [4.78, 5) is 12.2. The highest BCUT2D eigenvalue weighted by atomic mass is 16.5. The third-order valence-electron chi connectivity index (χ3n) is 4.22. The second-order valence-electron chi connectivity index (χ2n) is 5.79. The molecule has 0 amide bonds. The normalized spacial score (nSPS) is 26.1. The van der Waals surface area contributed by atoms with Gasteiger partial charge in [0.15, 0.2) is 0 Å². The lowest BCUT2D eigenvalue weighted by molar-refractivity contribution is 0.00876. The van der Waals surface area contributed by atoms with E-state index in [2.05, 4.69) is 13.8 Å². The molecule has 1 aromatic carbocycles. The number of rotatable bonds is 3. The Bertz CT molecular complexity index is 487. The molecule has 20 heavy (non-hydrogen) atoms. The molecule has 2 N–H and O–H groups in total. The third-order valence-corrected chi connectivity index (χ3v) is 4.22. The molecule has 4 heteroatoms. The summed E-state index contributed by atoms with van der Waals surface area (Å²) in [6.45, 7) is 4.47. The van der Waals surface area contributed by atoms with Crippen molar-refractivity contribution >= 4 is 11.7 Å². The minimum atomic E-state index is -0.317. The lowest BCUT2D eigenvalue weighted by atomic mass is 9.80. The molecule has 1 saturated carbocycles. The SMILES string of the molecule is COc1cc(N)cc(C(=O)OC2CCC(C)C(C)C2)c1. The molecule has 0 radical (unpaired) electrons. The van der Waals surface area contributed by atoms with E-state index in [-0.39, 0.29) is 12.1 Å². The molecular weight excluding hydrogens is 254 g/mol. The third kappa shape index (κ3) is 3.44. The summed E-state index contributed by atoms with van der Waals surface area (Å²) >= 11 is 0. The van der Waals surface area contributed by atoms with E-state index in [1.165, 1.54) is 0 Å². The van der Waals surface area contributed by atoms with E-state index in [0.717, 1.165) is 19.3 Å². The first kappa shape index (κ1) is 14.7. The van der Waals surface area contributed by atoms with Gasteiger partial charge in [-0.1, -0.05) is 13.8 Å². The van der Waals surface area contributed by atoms with Crippen LogP contribution >= 0.6 is 0 Å². The molecular formula is C16H23NO3. The van der Waals surface area contributed by atoms with Crippen LogP contribution in [0.4, 0.5) is 5.69 Å². The zero-order valence-electron chi connectivity index (χ0n) is 12.4. The maximum atomic E-state index is 12.2. The second-order valence-corrected chi connectivity index (χ2v) is 5.79. The fourth-order valence-electron chi connectivity index (χ4n) is 2.68. The molecule has 3 unspecified atom stereocenters. The van der Waals surface area contributed by atoms with E-state index < -0.39 is 0 Å². The number of benzene rings is 1. The van der Waals surface area contributed by atoms with Crippen molar-refractivity contribution in [2.45, 2.75) is 39.2 Å². The average molecular weight is 277 g/mol. The van der Waals surface area contributed by atoms with Crippen molar-refractivity contribution in [3.63, 3.8) is 0 Å². The average Bonchev–Trinajstić information content (AvgIpc) is 2.42. The molecule has 0 aliphatic heterocycles. The predicted octanol–water partition coefficient (Wildman–Crippen LogP) is 3.26. The van der Waals surface area contributed by atoms with Gasteiger partial charge in [-0.25, -0.2) is 4.79 Å². The number of ether oxygens (including phenoxy) is 2. The number of nitrogens with two attached hydrogens (primary N) is 1. The minimum absolute atomic E-state index is 0.0149. The van der Waals surface area contributed by atoms with Gasteiger partial charge in [-0.2, -0.15) is 0 Å². The van der Waals surface area contributed by atoms with Crippen molar-refractivity contribution in [1.29, 1.82) is 0 Å². The molecule has 110 valence electrons. The fraction of sp³-hybridized carbons (Fsp3) is 0.562. The van der Waals surface area contributed by atoms with Crippen LogP contribution in [0.3, 0.4) is 0 Å². The molecule has 1 aromatic rings. The first-order valence-corrected chi connectivity index (χ1v) is 7.15. The molecule has 4 nitrogen and oxygen atoms in total. The number of carbonyl (C=O) groups excluding carboxylic acids is 1. The number of hydrogen-bond donors (Lipinski definition) is 1. The van der Waals surface area contributed by atoms with Crippen LogP contribution in [0.15, 0.2) is 18.2 Å². The van der Waals surface area contributed by atoms with Gasteiger partial charge in [-0.15, -0.1) is 0 Å². The van der Waals surface area contributed by atoms with Crippen LogP contribution < -0.4 is 10.5 Å². The molecule has 2 rings (SSSR count). The molecule has 1 aliphatic carbocycles. The first-order valence-electron chi connectivity index (χ1n) is 7.15. The zero-order valence-corrected chi connectivity index (χ0v) is 12.4. The highest BCUT2D eigenvalue weighted by molar-refractivity contribution is 5.91. The summed E-state index contributed by atoms with van der Waals surface area (Å²) < 4.78 is 10.7. The number of esters is 1. The van der Waals surface area contributed by atoms with Gasteiger partial charge < -0.3 is 15.2 Å². The zero-order chi connectivity index (χ0) is 14.7. The van der Waals surface area contributed by atoms with Crippen LogP contribution in [0, 0.1) is 11.8 Å². The van der Waals surface area contributed by atoms with E-state index in [0.29, 0.717) is 28.8 Å².